The van der Waals surface area contributed by atoms with Crippen molar-refractivity contribution in [1.82, 2.24) is 9.97 Å². The van der Waals surface area contributed by atoms with Gasteiger partial charge in [0.2, 0.25) is 0 Å². The highest BCUT2D eigenvalue weighted by molar-refractivity contribution is 7.20. The van der Waals surface area contributed by atoms with Gasteiger partial charge in [0.05, 0.1) is 12.0 Å². The van der Waals surface area contributed by atoms with Crippen molar-refractivity contribution < 1.29 is 9.53 Å². The number of aromatic nitrogens is 2. The average Bonchev–Trinajstić information content (AvgIpc) is 2.85. The van der Waals surface area contributed by atoms with Crippen LogP contribution in [-0.2, 0) is 4.74 Å². The lowest BCUT2D eigenvalue weighted by Gasteiger charge is -2.32. The van der Waals surface area contributed by atoms with E-state index in [9.17, 15) is 4.79 Å². The Morgan fingerprint density at radius 1 is 1.50 bits per heavy atom. The van der Waals surface area contributed by atoms with Gasteiger partial charge in [-0.05, 0) is 38.2 Å². The van der Waals surface area contributed by atoms with Crippen LogP contribution in [0.4, 0.5) is 5.82 Å². The molecule has 1 saturated heterocycles. The molecule has 0 amide bonds. The number of hydrogen-bond donors (Lipinski definition) is 0. The second-order valence-electron chi connectivity index (χ2n) is 5.85. The molecular weight excluding hydrogens is 298 g/mol. The summed E-state index contributed by atoms with van der Waals surface area (Å²) in [6, 6.07) is 0. The fourth-order valence-electron chi connectivity index (χ4n) is 3.07. The molecule has 0 radical (unpaired) electrons. The van der Waals surface area contributed by atoms with Gasteiger partial charge in [-0.25, -0.2) is 14.8 Å². The Labute approximate surface area is 134 Å². The summed E-state index contributed by atoms with van der Waals surface area (Å²) in [6.07, 6.45) is 4.05. The van der Waals surface area contributed by atoms with E-state index < -0.39 is 0 Å². The first-order valence-electron chi connectivity index (χ1n) is 7.78. The number of anilines is 1. The molecule has 6 heteroatoms. The third-order valence-electron chi connectivity index (χ3n) is 4.12. The number of ether oxygens (including phenoxy) is 1. The Bertz CT molecular complexity index is 698. The molecule has 22 heavy (non-hydrogen) atoms. The van der Waals surface area contributed by atoms with E-state index in [0.717, 1.165) is 34.7 Å². The van der Waals surface area contributed by atoms with Crippen molar-refractivity contribution in [2.24, 2.45) is 5.92 Å². The van der Waals surface area contributed by atoms with Crippen molar-refractivity contribution in [3.8, 4) is 0 Å². The summed E-state index contributed by atoms with van der Waals surface area (Å²) in [4.78, 5) is 24.8. The first-order chi connectivity index (χ1) is 10.6. The molecule has 3 rings (SSSR count). The largest absolute Gasteiger partial charge is 0.462 e. The number of carbonyl (C=O) groups is 1. The van der Waals surface area contributed by atoms with Gasteiger partial charge in [0, 0.05) is 13.1 Å². The molecule has 0 spiro atoms. The van der Waals surface area contributed by atoms with E-state index >= 15 is 0 Å². The van der Waals surface area contributed by atoms with Gasteiger partial charge in [-0.3, -0.25) is 0 Å². The van der Waals surface area contributed by atoms with Gasteiger partial charge in [-0.15, -0.1) is 11.3 Å². The van der Waals surface area contributed by atoms with Crippen LogP contribution in [-0.4, -0.2) is 35.6 Å². The van der Waals surface area contributed by atoms with Gasteiger partial charge in [-0.2, -0.15) is 0 Å². The van der Waals surface area contributed by atoms with Crippen molar-refractivity contribution in [1.29, 1.82) is 0 Å². The molecule has 3 heterocycles. The number of rotatable bonds is 3. The molecule has 0 aliphatic carbocycles. The lowest BCUT2D eigenvalue weighted by Crippen LogP contribution is -2.35. The fourth-order valence-corrected chi connectivity index (χ4v) is 4.10. The standard InChI is InChI=1S/C16H21N3O2S/c1-4-21-16(20)13-11(3)12-14(17-9-18-15(12)22-13)19-7-5-6-10(2)8-19/h9-10H,4-8H2,1-3H3/t10-/m1/s1. The zero-order valence-electron chi connectivity index (χ0n) is 13.3. The van der Waals surface area contributed by atoms with Crippen LogP contribution in [0, 0.1) is 12.8 Å². The molecule has 1 aliphatic heterocycles. The zero-order chi connectivity index (χ0) is 15.7. The molecule has 2 aromatic rings. The second-order valence-corrected chi connectivity index (χ2v) is 6.85. The molecule has 118 valence electrons. The minimum Gasteiger partial charge on any atom is -0.462 e. The van der Waals surface area contributed by atoms with Crippen LogP contribution in [0.25, 0.3) is 10.2 Å². The molecule has 0 bridgehead atoms. The van der Waals surface area contributed by atoms with E-state index in [1.54, 1.807) is 6.33 Å². The predicted molar refractivity (Wildman–Crippen MR) is 88.7 cm³/mol. The average molecular weight is 319 g/mol. The number of aryl methyl sites for hydroxylation is 1. The predicted octanol–water partition coefficient (Wildman–Crippen LogP) is 3.41. The Hall–Kier alpha value is -1.69. The van der Waals surface area contributed by atoms with Crippen molar-refractivity contribution in [3.63, 3.8) is 0 Å². The lowest BCUT2D eigenvalue weighted by atomic mass is 10.00. The maximum absolute atomic E-state index is 12.1. The Morgan fingerprint density at radius 2 is 2.32 bits per heavy atom. The first kappa shape index (κ1) is 15.2. The number of thiophene rings is 1. The molecule has 0 saturated carbocycles. The topological polar surface area (TPSA) is 55.3 Å². The van der Waals surface area contributed by atoms with Crippen LogP contribution in [0.15, 0.2) is 6.33 Å². The number of nitrogens with zero attached hydrogens (tertiary/aromatic N) is 3. The van der Waals surface area contributed by atoms with Gasteiger partial charge in [0.25, 0.3) is 0 Å². The van der Waals surface area contributed by atoms with E-state index in [0.29, 0.717) is 17.4 Å². The van der Waals surface area contributed by atoms with E-state index in [2.05, 4.69) is 21.8 Å². The van der Waals surface area contributed by atoms with Crippen LogP contribution in [0.2, 0.25) is 0 Å². The fraction of sp³-hybridized carbons (Fsp3) is 0.562. The van der Waals surface area contributed by atoms with Crippen molar-refractivity contribution in [2.45, 2.75) is 33.6 Å². The molecule has 0 unspecified atom stereocenters. The van der Waals surface area contributed by atoms with Crippen molar-refractivity contribution in [2.75, 3.05) is 24.6 Å². The van der Waals surface area contributed by atoms with E-state index in [1.165, 1.54) is 24.2 Å². The highest BCUT2D eigenvalue weighted by atomic mass is 32.1. The molecule has 5 nitrogen and oxygen atoms in total. The van der Waals surface area contributed by atoms with Gasteiger partial charge >= 0.3 is 5.97 Å². The number of esters is 1. The normalized spacial score (nSPS) is 18.7. The highest BCUT2D eigenvalue weighted by Crippen LogP contribution is 2.36. The maximum Gasteiger partial charge on any atom is 0.348 e. The highest BCUT2D eigenvalue weighted by Gasteiger charge is 2.24. The van der Waals surface area contributed by atoms with Crippen LogP contribution in [0.1, 0.15) is 41.9 Å². The zero-order valence-corrected chi connectivity index (χ0v) is 14.1. The summed E-state index contributed by atoms with van der Waals surface area (Å²) in [5.74, 6) is 1.36. The minimum atomic E-state index is -0.263. The van der Waals surface area contributed by atoms with E-state index in [1.807, 2.05) is 13.8 Å². The monoisotopic (exact) mass is 319 g/mol. The molecule has 2 aromatic heterocycles. The summed E-state index contributed by atoms with van der Waals surface area (Å²) >= 11 is 1.40. The number of hydrogen-bond acceptors (Lipinski definition) is 6. The lowest BCUT2D eigenvalue weighted by molar-refractivity contribution is 0.0531. The SMILES string of the molecule is CCOC(=O)c1sc2ncnc(N3CCC[C@@H](C)C3)c2c1C. The summed E-state index contributed by atoms with van der Waals surface area (Å²) < 4.78 is 5.15. The van der Waals surface area contributed by atoms with Gasteiger partial charge in [-0.1, -0.05) is 6.92 Å². The van der Waals surface area contributed by atoms with Gasteiger partial charge in [0.1, 0.15) is 21.9 Å². The van der Waals surface area contributed by atoms with Crippen molar-refractivity contribution >= 4 is 33.3 Å². The number of fused-ring (bicyclic) bond motifs is 1. The molecule has 0 N–H and O–H groups in total. The summed E-state index contributed by atoms with van der Waals surface area (Å²) in [5, 5.41) is 1.00. The van der Waals surface area contributed by atoms with Gasteiger partial charge < -0.3 is 9.64 Å². The first-order valence-corrected chi connectivity index (χ1v) is 8.59. The van der Waals surface area contributed by atoms with Crippen LogP contribution in [0.3, 0.4) is 0 Å². The van der Waals surface area contributed by atoms with E-state index in [4.69, 9.17) is 4.74 Å². The smallest absolute Gasteiger partial charge is 0.348 e. The number of piperidine rings is 1. The molecule has 1 fully saturated rings. The van der Waals surface area contributed by atoms with Crippen molar-refractivity contribution in [3.05, 3.63) is 16.8 Å². The maximum atomic E-state index is 12.1. The van der Waals surface area contributed by atoms with E-state index in [-0.39, 0.29) is 5.97 Å². The molecule has 1 atom stereocenters. The molecule has 0 aromatic carbocycles. The summed E-state index contributed by atoms with van der Waals surface area (Å²) in [6.45, 7) is 8.46. The summed E-state index contributed by atoms with van der Waals surface area (Å²) in [5.41, 5.74) is 0.937. The van der Waals surface area contributed by atoms with Crippen LogP contribution < -0.4 is 4.90 Å². The van der Waals surface area contributed by atoms with Crippen LogP contribution in [0.5, 0.6) is 0 Å². The Balaban J connectivity index is 2.06. The third kappa shape index (κ3) is 2.67. The second kappa shape index (κ2) is 6.20. The third-order valence-corrected chi connectivity index (χ3v) is 5.30. The minimum absolute atomic E-state index is 0.263. The molecular formula is C16H21N3O2S. The quantitative estimate of drug-likeness (QED) is 0.812. The van der Waals surface area contributed by atoms with Crippen LogP contribution >= 0.6 is 11.3 Å². The summed E-state index contributed by atoms with van der Waals surface area (Å²) in [7, 11) is 0. The molecule has 1 aliphatic rings. The van der Waals surface area contributed by atoms with Gasteiger partial charge in [0.15, 0.2) is 0 Å². The number of carbonyl (C=O) groups excluding carboxylic acids is 1. The Morgan fingerprint density at radius 3 is 3.05 bits per heavy atom. The Kier molecular flexibility index (Phi) is 4.29.